The summed E-state index contributed by atoms with van der Waals surface area (Å²) in [6, 6.07) is 25.4. The predicted molar refractivity (Wildman–Crippen MR) is 116 cm³/mol. The lowest BCUT2D eigenvalue weighted by Crippen LogP contribution is -2.33. The maximum atomic E-state index is 12.3. The number of ether oxygens (including phenoxy) is 2. The highest BCUT2D eigenvalue weighted by atomic mass is 16.5. The van der Waals surface area contributed by atoms with Gasteiger partial charge in [-0.3, -0.25) is 4.79 Å². The van der Waals surface area contributed by atoms with E-state index in [0.29, 0.717) is 43.1 Å². The van der Waals surface area contributed by atoms with Gasteiger partial charge < -0.3 is 14.6 Å². The van der Waals surface area contributed by atoms with Crippen molar-refractivity contribution in [2.45, 2.75) is 44.3 Å². The number of carboxylic acid groups (broad SMARTS) is 1. The summed E-state index contributed by atoms with van der Waals surface area (Å²) in [6.07, 6.45) is 3.04. The zero-order valence-corrected chi connectivity index (χ0v) is 16.9. The summed E-state index contributed by atoms with van der Waals surface area (Å²) in [7, 11) is 0. The Labute approximate surface area is 177 Å². The van der Waals surface area contributed by atoms with Gasteiger partial charge in [-0.2, -0.15) is 0 Å². The minimum atomic E-state index is -0.919. The number of para-hydroxylation sites is 1. The average molecular weight is 402 g/mol. The Morgan fingerprint density at radius 3 is 1.90 bits per heavy atom. The van der Waals surface area contributed by atoms with Crippen molar-refractivity contribution in [2.24, 2.45) is 0 Å². The van der Waals surface area contributed by atoms with Gasteiger partial charge in [0.2, 0.25) is 0 Å². The van der Waals surface area contributed by atoms with Crippen LogP contribution in [0.2, 0.25) is 0 Å². The maximum Gasteiger partial charge on any atom is 0.314 e. The fraction of sp³-hybridized carbons (Fsp3) is 0.269. The number of hydrogen-bond donors (Lipinski definition) is 1. The van der Waals surface area contributed by atoms with Gasteiger partial charge in [-0.05, 0) is 30.0 Å². The SMILES string of the molecule is O=C(O)C1(c2cccc(OCc3ccccc3)c2OCc2ccccc2)CCCC1. The summed E-state index contributed by atoms with van der Waals surface area (Å²) in [5.74, 6) is 0.339. The topological polar surface area (TPSA) is 55.8 Å². The van der Waals surface area contributed by atoms with Gasteiger partial charge in [0.1, 0.15) is 13.2 Å². The molecule has 0 spiro atoms. The van der Waals surface area contributed by atoms with Crippen molar-refractivity contribution in [3.05, 3.63) is 95.6 Å². The fourth-order valence-corrected chi connectivity index (χ4v) is 4.20. The van der Waals surface area contributed by atoms with Crippen LogP contribution in [-0.2, 0) is 23.4 Å². The van der Waals surface area contributed by atoms with E-state index in [1.807, 2.05) is 78.9 Å². The minimum Gasteiger partial charge on any atom is -0.485 e. The first kappa shape index (κ1) is 20.0. The van der Waals surface area contributed by atoms with Crippen LogP contribution in [0.25, 0.3) is 0 Å². The summed E-state index contributed by atoms with van der Waals surface area (Å²) < 4.78 is 12.4. The molecular weight excluding hydrogens is 376 g/mol. The highest BCUT2D eigenvalue weighted by Crippen LogP contribution is 2.48. The Kier molecular flexibility index (Phi) is 6.03. The molecule has 1 saturated carbocycles. The molecule has 1 aliphatic rings. The first-order valence-electron chi connectivity index (χ1n) is 10.4. The standard InChI is InChI=1S/C26H26O4/c27-25(28)26(16-7-8-17-26)22-14-9-15-23(29-18-20-10-3-1-4-11-20)24(22)30-19-21-12-5-2-6-13-21/h1-6,9-15H,7-8,16-19H2,(H,27,28). The molecule has 3 aromatic carbocycles. The minimum absolute atomic E-state index is 0.356. The third-order valence-electron chi connectivity index (χ3n) is 5.82. The number of rotatable bonds is 8. The van der Waals surface area contributed by atoms with Crippen LogP contribution < -0.4 is 9.47 Å². The van der Waals surface area contributed by atoms with Gasteiger partial charge in [0.15, 0.2) is 11.5 Å². The fourth-order valence-electron chi connectivity index (χ4n) is 4.20. The van der Waals surface area contributed by atoms with Crippen molar-refractivity contribution < 1.29 is 19.4 Å². The Hall–Kier alpha value is -3.27. The van der Waals surface area contributed by atoms with Crippen LogP contribution in [0.15, 0.2) is 78.9 Å². The summed E-state index contributed by atoms with van der Waals surface area (Å²) in [4.78, 5) is 12.3. The zero-order valence-electron chi connectivity index (χ0n) is 16.9. The Balaban J connectivity index is 1.68. The molecule has 1 aliphatic carbocycles. The van der Waals surface area contributed by atoms with E-state index in [2.05, 4.69) is 0 Å². The molecule has 1 fully saturated rings. The van der Waals surface area contributed by atoms with Gasteiger partial charge in [0, 0.05) is 5.56 Å². The van der Waals surface area contributed by atoms with Gasteiger partial charge in [-0.1, -0.05) is 85.6 Å². The van der Waals surface area contributed by atoms with E-state index in [-0.39, 0.29) is 0 Å². The van der Waals surface area contributed by atoms with E-state index in [4.69, 9.17) is 9.47 Å². The van der Waals surface area contributed by atoms with E-state index in [9.17, 15) is 9.90 Å². The lowest BCUT2D eigenvalue weighted by atomic mass is 9.78. The van der Waals surface area contributed by atoms with E-state index < -0.39 is 11.4 Å². The largest absolute Gasteiger partial charge is 0.485 e. The Bertz CT molecular complexity index is 976. The Morgan fingerprint density at radius 2 is 1.33 bits per heavy atom. The van der Waals surface area contributed by atoms with Gasteiger partial charge in [0.25, 0.3) is 0 Å². The zero-order chi connectivity index (χ0) is 20.8. The normalized spacial score (nSPS) is 14.9. The van der Waals surface area contributed by atoms with Gasteiger partial charge in [0.05, 0.1) is 5.41 Å². The third kappa shape index (κ3) is 4.18. The van der Waals surface area contributed by atoms with Crippen molar-refractivity contribution in [3.63, 3.8) is 0 Å². The van der Waals surface area contributed by atoms with Gasteiger partial charge in [-0.15, -0.1) is 0 Å². The molecule has 0 amide bonds. The van der Waals surface area contributed by atoms with Crippen molar-refractivity contribution >= 4 is 5.97 Å². The Morgan fingerprint density at radius 1 is 0.767 bits per heavy atom. The molecule has 4 heteroatoms. The van der Waals surface area contributed by atoms with Crippen LogP contribution >= 0.6 is 0 Å². The molecule has 30 heavy (non-hydrogen) atoms. The van der Waals surface area contributed by atoms with Crippen LogP contribution in [0.1, 0.15) is 42.4 Å². The summed E-state index contributed by atoms with van der Waals surface area (Å²) in [6.45, 7) is 0.751. The van der Waals surface area contributed by atoms with E-state index in [0.717, 1.165) is 24.0 Å². The lowest BCUT2D eigenvalue weighted by Gasteiger charge is -2.28. The van der Waals surface area contributed by atoms with E-state index in [1.165, 1.54) is 0 Å². The molecule has 3 aromatic rings. The number of hydrogen-bond acceptors (Lipinski definition) is 3. The highest BCUT2D eigenvalue weighted by Gasteiger charge is 2.45. The number of carbonyl (C=O) groups is 1. The second kappa shape index (κ2) is 9.04. The molecular formula is C26H26O4. The molecule has 0 bridgehead atoms. The van der Waals surface area contributed by atoms with Crippen molar-refractivity contribution in [1.82, 2.24) is 0 Å². The average Bonchev–Trinajstić information content (AvgIpc) is 3.29. The van der Waals surface area contributed by atoms with Crippen LogP contribution in [0.4, 0.5) is 0 Å². The van der Waals surface area contributed by atoms with Crippen molar-refractivity contribution in [1.29, 1.82) is 0 Å². The first-order valence-corrected chi connectivity index (χ1v) is 10.4. The van der Waals surface area contributed by atoms with E-state index in [1.54, 1.807) is 0 Å². The molecule has 1 N–H and O–H groups in total. The number of aliphatic carboxylic acids is 1. The monoisotopic (exact) mass is 402 g/mol. The second-order valence-corrected chi connectivity index (χ2v) is 7.78. The number of benzene rings is 3. The molecule has 154 valence electrons. The predicted octanol–water partition coefficient (Wildman–Crippen LogP) is 5.74. The maximum absolute atomic E-state index is 12.3. The number of carboxylic acids is 1. The van der Waals surface area contributed by atoms with Crippen LogP contribution in [0.5, 0.6) is 11.5 Å². The van der Waals surface area contributed by atoms with Crippen LogP contribution in [0.3, 0.4) is 0 Å². The molecule has 0 radical (unpaired) electrons. The lowest BCUT2D eigenvalue weighted by molar-refractivity contribution is -0.143. The third-order valence-corrected chi connectivity index (χ3v) is 5.82. The van der Waals surface area contributed by atoms with Crippen LogP contribution in [-0.4, -0.2) is 11.1 Å². The van der Waals surface area contributed by atoms with Gasteiger partial charge >= 0.3 is 5.97 Å². The first-order chi connectivity index (χ1) is 14.7. The molecule has 4 rings (SSSR count). The molecule has 0 heterocycles. The molecule has 0 unspecified atom stereocenters. The quantitative estimate of drug-likeness (QED) is 0.522. The van der Waals surface area contributed by atoms with Crippen molar-refractivity contribution in [2.75, 3.05) is 0 Å². The summed E-state index contributed by atoms with van der Waals surface area (Å²) >= 11 is 0. The van der Waals surface area contributed by atoms with Crippen LogP contribution in [0, 0.1) is 0 Å². The molecule has 4 nitrogen and oxygen atoms in total. The summed E-state index contributed by atoms with van der Waals surface area (Å²) in [5.41, 5.74) is 1.87. The highest BCUT2D eigenvalue weighted by molar-refractivity contribution is 5.83. The second-order valence-electron chi connectivity index (χ2n) is 7.78. The molecule has 0 saturated heterocycles. The molecule has 0 atom stereocenters. The molecule has 0 aliphatic heterocycles. The van der Waals surface area contributed by atoms with Crippen molar-refractivity contribution in [3.8, 4) is 11.5 Å². The summed E-state index contributed by atoms with van der Waals surface area (Å²) in [5, 5.41) is 10.1. The smallest absolute Gasteiger partial charge is 0.314 e. The van der Waals surface area contributed by atoms with E-state index >= 15 is 0 Å². The molecule has 0 aromatic heterocycles. The van der Waals surface area contributed by atoms with Gasteiger partial charge in [-0.25, -0.2) is 0 Å².